The van der Waals surface area contributed by atoms with E-state index in [1.54, 1.807) is 6.07 Å². The van der Waals surface area contributed by atoms with E-state index >= 15 is 0 Å². The summed E-state index contributed by atoms with van der Waals surface area (Å²) >= 11 is 0. The molecule has 0 radical (unpaired) electrons. The first-order valence-corrected chi connectivity index (χ1v) is 7.97. The lowest BCUT2D eigenvalue weighted by atomic mass is 10.0. The van der Waals surface area contributed by atoms with Gasteiger partial charge in [0.25, 0.3) is 0 Å². The van der Waals surface area contributed by atoms with E-state index < -0.39 is 0 Å². The first-order chi connectivity index (χ1) is 10.0. The third-order valence-electron chi connectivity index (χ3n) is 4.40. The summed E-state index contributed by atoms with van der Waals surface area (Å²) in [6.07, 6.45) is 2.19. The quantitative estimate of drug-likeness (QED) is 0.870. The summed E-state index contributed by atoms with van der Waals surface area (Å²) in [4.78, 5) is 4.59. The van der Waals surface area contributed by atoms with Crippen LogP contribution in [0.25, 0.3) is 0 Å². The van der Waals surface area contributed by atoms with Gasteiger partial charge in [0.15, 0.2) is 0 Å². The summed E-state index contributed by atoms with van der Waals surface area (Å²) < 4.78 is 14.4. The maximum absolute atomic E-state index is 14.4. The zero-order valence-electron chi connectivity index (χ0n) is 13.7. The average molecular weight is 293 g/mol. The summed E-state index contributed by atoms with van der Waals surface area (Å²) in [5.41, 5.74) is 1.86. The molecule has 2 rings (SSSR count). The molecule has 1 aliphatic heterocycles. The largest absolute Gasteiger partial charge is 0.370 e. The van der Waals surface area contributed by atoms with Crippen molar-refractivity contribution in [2.45, 2.75) is 38.8 Å². The van der Waals surface area contributed by atoms with E-state index in [2.05, 4.69) is 49.1 Å². The molecule has 0 aromatic heterocycles. The number of rotatable bonds is 6. The molecular formula is C17H28FN3. The molecule has 1 aromatic rings. The molecule has 2 atom stereocenters. The average Bonchev–Trinajstić information content (AvgIpc) is 2.94. The van der Waals surface area contributed by atoms with Gasteiger partial charge in [-0.25, -0.2) is 4.39 Å². The third kappa shape index (κ3) is 3.74. The number of hydrogen-bond acceptors (Lipinski definition) is 3. The summed E-state index contributed by atoms with van der Waals surface area (Å²) in [5, 5.41) is 3.41. The zero-order chi connectivity index (χ0) is 15.4. The van der Waals surface area contributed by atoms with Crippen LogP contribution in [0.5, 0.6) is 0 Å². The monoisotopic (exact) mass is 293 g/mol. The molecule has 21 heavy (non-hydrogen) atoms. The minimum Gasteiger partial charge on any atom is -0.370 e. The number of nitrogens with zero attached hydrogens (tertiary/aromatic N) is 2. The predicted molar refractivity (Wildman–Crippen MR) is 87.4 cm³/mol. The normalized spacial score (nSPS) is 20.3. The van der Waals surface area contributed by atoms with E-state index in [0.29, 0.717) is 6.04 Å². The van der Waals surface area contributed by atoms with Crippen molar-refractivity contribution in [3.05, 3.63) is 29.6 Å². The Morgan fingerprint density at radius 3 is 2.81 bits per heavy atom. The topological polar surface area (TPSA) is 18.5 Å². The molecular weight excluding hydrogens is 265 g/mol. The molecule has 1 N–H and O–H groups in total. The number of halogens is 1. The summed E-state index contributed by atoms with van der Waals surface area (Å²) in [6.45, 7) is 7.07. The van der Waals surface area contributed by atoms with E-state index in [1.807, 2.05) is 6.07 Å². The number of hydrogen-bond donors (Lipinski definition) is 1. The van der Waals surface area contributed by atoms with Crippen molar-refractivity contribution >= 4 is 5.69 Å². The zero-order valence-corrected chi connectivity index (χ0v) is 13.7. The summed E-state index contributed by atoms with van der Waals surface area (Å²) in [5.74, 6) is -0.100. The molecule has 3 nitrogen and oxygen atoms in total. The Morgan fingerprint density at radius 2 is 2.19 bits per heavy atom. The van der Waals surface area contributed by atoms with E-state index in [9.17, 15) is 4.39 Å². The van der Waals surface area contributed by atoms with Crippen molar-refractivity contribution in [2.75, 3.05) is 38.6 Å². The molecule has 1 aliphatic rings. The van der Waals surface area contributed by atoms with E-state index in [4.69, 9.17) is 0 Å². The van der Waals surface area contributed by atoms with Crippen LogP contribution >= 0.6 is 0 Å². The molecule has 1 heterocycles. The van der Waals surface area contributed by atoms with Crippen LogP contribution in [0, 0.1) is 5.82 Å². The lowest BCUT2D eigenvalue weighted by molar-refractivity contribution is 0.315. The van der Waals surface area contributed by atoms with Crippen LogP contribution in [0.15, 0.2) is 18.2 Å². The third-order valence-corrected chi connectivity index (χ3v) is 4.40. The second kappa shape index (κ2) is 7.23. The molecule has 0 bridgehead atoms. The standard InChI is InChI=1S/C17H28FN3/c1-5-10-19-13(2)17-15(18)7-6-8-16(17)21-11-9-14(12-21)20(3)4/h6-8,13-14,19H,5,9-12H2,1-4H3. The van der Waals surface area contributed by atoms with Crippen LogP contribution in [-0.4, -0.2) is 44.7 Å². The molecule has 0 aliphatic carbocycles. The predicted octanol–water partition coefficient (Wildman–Crippen LogP) is 3.03. The first kappa shape index (κ1) is 16.2. The number of nitrogens with one attached hydrogen (secondary N) is 1. The highest BCUT2D eigenvalue weighted by atomic mass is 19.1. The van der Waals surface area contributed by atoms with Crippen molar-refractivity contribution in [1.82, 2.24) is 10.2 Å². The summed E-state index contributed by atoms with van der Waals surface area (Å²) in [6, 6.07) is 6.05. The van der Waals surface area contributed by atoms with E-state index in [1.165, 1.54) is 0 Å². The van der Waals surface area contributed by atoms with E-state index in [0.717, 1.165) is 43.7 Å². The maximum Gasteiger partial charge on any atom is 0.130 e. The van der Waals surface area contributed by atoms with Gasteiger partial charge in [-0.15, -0.1) is 0 Å². The molecule has 1 fully saturated rings. The second-order valence-corrected chi connectivity index (χ2v) is 6.20. The van der Waals surface area contributed by atoms with Crippen molar-refractivity contribution in [3.63, 3.8) is 0 Å². The van der Waals surface area contributed by atoms with Gasteiger partial charge in [-0.3, -0.25) is 0 Å². The Bertz CT molecular complexity index is 461. The van der Waals surface area contributed by atoms with Crippen LogP contribution in [-0.2, 0) is 0 Å². The second-order valence-electron chi connectivity index (χ2n) is 6.20. The first-order valence-electron chi connectivity index (χ1n) is 7.97. The molecule has 1 saturated heterocycles. The highest BCUT2D eigenvalue weighted by Gasteiger charge is 2.27. The highest BCUT2D eigenvalue weighted by molar-refractivity contribution is 5.56. The van der Waals surface area contributed by atoms with Gasteiger partial charge in [-0.05, 0) is 52.5 Å². The van der Waals surface area contributed by atoms with Crippen LogP contribution < -0.4 is 10.2 Å². The number of benzene rings is 1. The van der Waals surface area contributed by atoms with Gasteiger partial charge in [0.2, 0.25) is 0 Å². The Hall–Kier alpha value is -1.13. The Kier molecular flexibility index (Phi) is 5.59. The Labute approximate surface area is 128 Å². The fourth-order valence-electron chi connectivity index (χ4n) is 3.08. The summed E-state index contributed by atoms with van der Waals surface area (Å²) in [7, 11) is 4.23. The maximum atomic E-state index is 14.4. The van der Waals surface area contributed by atoms with Crippen LogP contribution in [0.3, 0.4) is 0 Å². The van der Waals surface area contributed by atoms with Crippen LogP contribution in [0.2, 0.25) is 0 Å². The van der Waals surface area contributed by atoms with Gasteiger partial charge in [-0.1, -0.05) is 13.0 Å². The SMILES string of the molecule is CCCNC(C)c1c(F)cccc1N1CCC(N(C)C)C1. The Morgan fingerprint density at radius 1 is 1.43 bits per heavy atom. The van der Waals surface area contributed by atoms with Gasteiger partial charge in [-0.2, -0.15) is 0 Å². The Balaban J connectivity index is 2.22. The molecule has 0 amide bonds. The van der Waals surface area contributed by atoms with Crippen LogP contribution in [0.1, 0.15) is 38.3 Å². The van der Waals surface area contributed by atoms with Gasteiger partial charge in [0, 0.05) is 36.4 Å². The van der Waals surface area contributed by atoms with Gasteiger partial charge >= 0.3 is 0 Å². The minimum absolute atomic E-state index is 0.0413. The van der Waals surface area contributed by atoms with Gasteiger partial charge in [0.1, 0.15) is 5.82 Å². The highest BCUT2D eigenvalue weighted by Crippen LogP contribution is 2.31. The molecule has 4 heteroatoms. The fourth-order valence-corrected chi connectivity index (χ4v) is 3.08. The molecule has 118 valence electrons. The van der Waals surface area contributed by atoms with Crippen molar-refractivity contribution in [3.8, 4) is 0 Å². The lowest BCUT2D eigenvalue weighted by Crippen LogP contribution is -2.32. The molecule has 0 spiro atoms. The number of likely N-dealkylation sites (N-methyl/N-ethyl adjacent to an activating group) is 1. The smallest absolute Gasteiger partial charge is 0.130 e. The fraction of sp³-hybridized carbons (Fsp3) is 0.647. The molecule has 0 saturated carbocycles. The van der Waals surface area contributed by atoms with Crippen molar-refractivity contribution in [1.29, 1.82) is 0 Å². The minimum atomic E-state index is -0.100. The number of anilines is 1. The van der Waals surface area contributed by atoms with Gasteiger partial charge < -0.3 is 15.1 Å². The molecule has 2 unspecified atom stereocenters. The van der Waals surface area contributed by atoms with Crippen molar-refractivity contribution < 1.29 is 4.39 Å². The van der Waals surface area contributed by atoms with E-state index in [-0.39, 0.29) is 11.9 Å². The van der Waals surface area contributed by atoms with Crippen molar-refractivity contribution in [2.24, 2.45) is 0 Å². The van der Waals surface area contributed by atoms with Gasteiger partial charge in [0.05, 0.1) is 0 Å². The molecule has 1 aromatic carbocycles. The lowest BCUT2D eigenvalue weighted by Gasteiger charge is -2.27. The van der Waals surface area contributed by atoms with Crippen LogP contribution in [0.4, 0.5) is 10.1 Å².